The summed E-state index contributed by atoms with van der Waals surface area (Å²) in [6, 6.07) is 0. The standard InChI is InChI=1S/C12H18N4O3S3/c1-9-13-10(8-21-9)7-11-14-15-12(19-11)20-5-4-6-22(17,18)16(2)3/h8H,4-7H2,1-3H3. The molecule has 0 aliphatic carbocycles. The van der Waals surface area contributed by atoms with Crippen LogP contribution >= 0.6 is 23.1 Å². The van der Waals surface area contributed by atoms with Crippen LogP contribution in [-0.4, -0.2) is 53.5 Å². The average Bonchev–Trinajstić information content (AvgIpc) is 3.04. The quantitative estimate of drug-likeness (QED) is 0.522. The molecule has 22 heavy (non-hydrogen) atoms. The lowest BCUT2D eigenvalue weighted by atomic mass is 10.3. The topological polar surface area (TPSA) is 89.2 Å². The summed E-state index contributed by atoms with van der Waals surface area (Å²) in [5.74, 6) is 1.25. The Morgan fingerprint density at radius 1 is 1.36 bits per heavy atom. The maximum Gasteiger partial charge on any atom is 0.276 e. The van der Waals surface area contributed by atoms with Crippen molar-refractivity contribution in [3.05, 3.63) is 22.0 Å². The lowest BCUT2D eigenvalue weighted by molar-refractivity contribution is 0.419. The second-order valence-corrected chi connectivity index (χ2v) is 9.21. The zero-order chi connectivity index (χ0) is 16.2. The molecule has 0 aromatic carbocycles. The van der Waals surface area contributed by atoms with Crippen molar-refractivity contribution in [2.45, 2.75) is 25.0 Å². The van der Waals surface area contributed by atoms with E-state index in [1.54, 1.807) is 11.3 Å². The SMILES string of the molecule is Cc1nc(Cc2nnc(SCCCS(=O)(=O)N(C)C)o2)cs1. The molecule has 10 heteroatoms. The van der Waals surface area contributed by atoms with E-state index in [9.17, 15) is 8.42 Å². The number of hydrogen-bond donors (Lipinski definition) is 0. The van der Waals surface area contributed by atoms with Crippen LogP contribution in [0.5, 0.6) is 0 Å². The van der Waals surface area contributed by atoms with E-state index in [-0.39, 0.29) is 5.75 Å². The van der Waals surface area contributed by atoms with Gasteiger partial charge in [-0.05, 0) is 13.3 Å². The van der Waals surface area contributed by atoms with Crippen LogP contribution in [0, 0.1) is 6.92 Å². The van der Waals surface area contributed by atoms with Crippen molar-refractivity contribution in [1.29, 1.82) is 0 Å². The first-order valence-corrected chi connectivity index (χ1v) is 10.1. The Kier molecular flexibility index (Phi) is 5.95. The fourth-order valence-electron chi connectivity index (χ4n) is 1.60. The van der Waals surface area contributed by atoms with E-state index >= 15 is 0 Å². The molecular weight excluding hydrogens is 344 g/mol. The second kappa shape index (κ2) is 7.53. The number of sulfonamides is 1. The van der Waals surface area contributed by atoms with Crippen LogP contribution < -0.4 is 0 Å². The summed E-state index contributed by atoms with van der Waals surface area (Å²) in [5, 5.41) is 11.4. The van der Waals surface area contributed by atoms with Crippen LogP contribution in [0.2, 0.25) is 0 Å². The molecule has 2 rings (SSSR count). The number of nitrogens with zero attached hydrogens (tertiary/aromatic N) is 4. The molecule has 0 atom stereocenters. The van der Waals surface area contributed by atoms with Crippen molar-refractivity contribution in [3.63, 3.8) is 0 Å². The first kappa shape index (κ1) is 17.4. The Morgan fingerprint density at radius 3 is 2.77 bits per heavy atom. The molecule has 0 spiro atoms. The van der Waals surface area contributed by atoms with Crippen LogP contribution in [0.1, 0.15) is 23.0 Å². The van der Waals surface area contributed by atoms with E-state index in [1.165, 1.54) is 30.2 Å². The highest BCUT2D eigenvalue weighted by Gasteiger charge is 2.14. The number of aromatic nitrogens is 3. The fourth-order valence-corrected chi connectivity index (χ4v) is 3.98. The minimum atomic E-state index is -3.14. The van der Waals surface area contributed by atoms with Gasteiger partial charge in [0.25, 0.3) is 5.22 Å². The average molecular weight is 363 g/mol. The molecule has 0 fully saturated rings. The predicted molar refractivity (Wildman–Crippen MR) is 86.8 cm³/mol. The Balaban J connectivity index is 1.78. The lowest BCUT2D eigenvalue weighted by Crippen LogP contribution is -2.25. The summed E-state index contributed by atoms with van der Waals surface area (Å²) in [7, 11) is -0.0702. The monoisotopic (exact) mass is 362 g/mol. The highest BCUT2D eigenvalue weighted by Crippen LogP contribution is 2.19. The molecule has 0 saturated heterocycles. The number of rotatable bonds is 8. The number of thioether (sulfide) groups is 1. The Bertz CT molecular complexity index is 709. The van der Waals surface area contributed by atoms with Gasteiger partial charge in [0, 0.05) is 25.2 Å². The maximum atomic E-state index is 11.6. The number of hydrogen-bond acceptors (Lipinski definition) is 8. The molecule has 0 bridgehead atoms. The zero-order valence-electron chi connectivity index (χ0n) is 12.6. The van der Waals surface area contributed by atoms with Gasteiger partial charge in [0.1, 0.15) is 0 Å². The van der Waals surface area contributed by atoms with Gasteiger partial charge in [0.05, 0.1) is 22.9 Å². The summed E-state index contributed by atoms with van der Waals surface area (Å²) in [5.41, 5.74) is 0.916. The summed E-state index contributed by atoms with van der Waals surface area (Å²) in [6.07, 6.45) is 1.06. The van der Waals surface area contributed by atoms with Gasteiger partial charge in [0.15, 0.2) is 0 Å². The van der Waals surface area contributed by atoms with Gasteiger partial charge in [-0.3, -0.25) is 0 Å². The molecule has 0 N–H and O–H groups in total. The Labute approximate surface area is 138 Å². The molecule has 2 aromatic heterocycles. The number of aryl methyl sites for hydroxylation is 1. The van der Waals surface area contributed by atoms with Gasteiger partial charge in [-0.15, -0.1) is 21.5 Å². The molecule has 0 aliphatic heterocycles. The molecule has 2 aromatic rings. The normalized spacial score (nSPS) is 12.2. The summed E-state index contributed by atoms with van der Waals surface area (Å²) >= 11 is 2.95. The van der Waals surface area contributed by atoms with Crippen molar-refractivity contribution in [2.75, 3.05) is 25.6 Å². The Hall–Kier alpha value is -0.970. The summed E-state index contributed by atoms with van der Waals surface area (Å²) in [4.78, 5) is 4.35. The molecule has 2 heterocycles. The molecule has 0 saturated carbocycles. The third kappa shape index (κ3) is 5.04. The van der Waals surface area contributed by atoms with Crippen molar-refractivity contribution in [3.8, 4) is 0 Å². The molecule has 0 aliphatic rings. The van der Waals surface area contributed by atoms with Gasteiger partial charge in [-0.25, -0.2) is 17.7 Å². The van der Waals surface area contributed by atoms with Crippen molar-refractivity contribution in [1.82, 2.24) is 19.5 Å². The van der Waals surface area contributed by atoms with E-state index in [1.807, 2.05) is 12.3 Å². The lowest BCUT2D eigenvalue weighted by Gasteiger charge is -2.09. The highest BCUT2D eigenvalue weighted by molar-refractivity contribution is 7.99. The van der Waals surface area contributed by atoms with Gasteiger partial charge in [-0.2, -0.15) is 0 Å². The second-order valence-electron chi connectivity index (χ2n) is 4.80. The van der Waals surface area contributed by atoms with Crippen molar-refractivity contribution >= 4 is 33.1 Å². The van der Waals surface area contributed by atoms with Crippen LogP contribution in [0.15, 0.2) is 15.0 Å². The Morgan fingerprint density at radius 2 is 2.14 bits per heavy atom. The predicted octanol–water partition coefficient (Wildman–Crippen LogP) is 1.80. The van der Waals surface area contributed by atoms with E-state index in [2.05, 4.69) is 15.2 Å². The van der Waals surface area contributed by atoms with Crippen LogP contribution in [0.4, 0.5) is 0 Å². The summed E-state index contributed by atoms with van der Waals surface area (Å²) < 4.78 is 30.0. The highest BCUT2D eigenvalue weighted by atomic mass is 32.2. The molecule has 0 amide bonds. The first-order valence-electron chi connectivity index (χ1n) is 6.63. The minimum absolute atomic E-state index is 0.117. The molecular formula is C12H18N4O3S3. The van der Waals surface area contributed by atoms with Crippen LogP contribution in [0.3, 0.4) is 0 Å². The maximum absolute atomic E-state index is 11.6. The smallest absolute Gasteiger partial charge is 0.276 e. The number of thiazole rings is 1. The molecule has 0 unspecified atom stereocenters. The van der Waals surface area contributed by atoms with Gasteiger partial charge in [0.2, 0.25) is 15.9 Å². The van der Waals surface area contributed by atoms with Crippen LogP contribution in [-0.2, 0) is 16.4 Å². The fraction of sp³-hybridized carbons (Fsp3) is 0.583. The third-order valence-corrected chi connectivity index (χ3v) is 6.42. The van der Waals surface area contributed by atoms with Crippen molar-refractivity contribution < 1.29 is 12.8 Å². The van der Waals surface area contributed by atoms with E-state index in [4.69, 9.17) is 4.42 Å². The molecule has 122 valence electrons. The largest absolute Gasteiger partial charge is 0.416 e. The minimum Gasteiger partial charge on any atom is -0.416 e. The molecule has 7 nitrogen and oxygen atoms in total. The van der Waals surface area contributed by atoms with E-state index < -0.39 is 10.0 Å². The molecule has 0 radical (unpaired) electrons. The van der Waals surface area contributed by atoms with Gasteiger partial charge >= 0.3 is 0 Å². The van der Waals surface area contributed by atoms with E-state index in [0.717, 1.165) is 10.7 Å². The van der Waals surface area contributed by atoms with Gasteiger partial charge in [-0.1, -0.05) is 11.8 Å². The van der Waals surface area contributed by atoms with Crippen molar-refractivity contribution in [2.24, 2.45) is 0 Å². The third-order valence-electron chi connectivity index (χ3n) is 2.78. The van der Waals surface area contributed by atoms with E-state index in [0.29, 0.717) is 29.7 Å². The van der Waals surface area contributed by atoms with Gasteiger partial charge < -0.3 is 4.42 Å². The zero-order valence-corrected chi connectivity index (χ0v) is 15.1. The summed E-state index contributed by atoms with van der Waals surface area (Å²) in [6.45, 7) is 1.95. The van der Waals surface area contributed by atoms with Crippen LogP contribution in [0.25, 0.3) is 0 Å². The first-order chi connectivity index (χ1) is 10.4.